The van der Waals surface area contributed by atoms with Crippen LogP contribution in [0.5, 0.6) is 11.5 Å². The van der Waals surface area contributed by atoms with Gasteiger partial charge in [-0.3, -0.25) is 4.79 Å². The van der Waals surface area contributed by atoms with Gasteiger partial charge in [-0.2, -0.15) is 0 Å². The standard InChI is InChI=1S/C24H29Cl3O6/c1-15(28)33-20(11-25)14-32-23-21(26)9-17(10-22(23)27)24(2,3)16-5-7-19(8-6-16)31-13-18(29)12-30-4/h5-10,18,20,29H,11-14H2,1-4H3/t18-,20+/m1/s1. The molecule has 0 saturated heterocycles. The molecule has 2 rings (SSSR count). The van der Waals surface area contributed by atoms with E-state index >= 15 is 0 Å². The number of aliphatic hydroxyl groups is 1. The maximum absolute atomic E-state index is 11.1. The normalized spacial score (nSPS) is 13.3. The molecular formula is C24H29Cl3O6. The Morgan fingerprint density at radius 3 is 2.12 bits per heavy atom. The van der Waals surface area contributed by atoms with Crippen molar-refractivity contribution in [3.63, 3.8) is 0 Å². The van der Waals surface area contributed by atoms with E-state index in [9.17, 15) is 9.90 Å². The Morgan fingerprint density at radius 2 is 1.61 bits per heavy atom. The maximum atomic E-state index is 11.1. The minimum Gasteiger partial charge on any atom is -0.491 e. The minimum atomic E-state index is -0.690. The molecule has 9 heteroatoms. The van der Waals surface area contributed by atoms with Gasteiger partial charge in [-0.05, 0) is 35.4 Å². The second-order valence-corrected chi connectivity index (χ2v) is 9.16. The van der Waals surface area contributed by atoms with Crippen LogP contribution in [0.2, 0.25) is 10.0 Å². The summed E-state index contributed by atoms with van der Waals surface area (Å²) in [5.74, 6) is 0.594. The number of esters is 1. The zero-order chi connectivity index (χ0) is 24.6. The number of carbonyl (C=O) groups is 1. The molecule has 0 unspecified atom stereocenters. The van der Waals surface area contributed by atoms with E-state index < -0.39 is 23.6 Å². The molecular weight excluding hydrogens is 491 g/mol. The van der Waals surface area contributed by atoms with Gasteiger partial charge in [-0.1, -0.05) is 49.2 Å². The van der Waals surface area contributed by atoms with E-state index in [4.69, 9.17) is 53.8 Å². The molecule has 0 spiro atoms. The van der Waals surface area contributed by atoms with Gasteiger partial charge in [-0.25, -0.2) is 0 Å². The van der Waals surface area contributed by atoms with E-state index in [1.807, 2.05) is 24.3 Å². The fraction of sp³-hybridized carbons (Fsp3) is 0.458. The highest BCUT2D eigenvalue weighted by atomic mass is 35.5. The third-order valence-electron chi connectivity index (χ3n) is 5.02. The molecule has 2 aromatic rings. The van der Waals surface area contributed by atoms with Crippen LogP contribution >= 0.6 is 34.8 Å². The Morgan fingerprint density at radius 1 is 1.00 bits per heavy atom. The van der Waals surface area contributed by atoms with Crippen LogP contribution in [0.15, 0.2) is 36.4 Å². The number of benzene rings is 2. The largest absolute Gasteiger partial charge is 0.491 e. The molecule has 2 aromatic carbocycles. The van der Waals surface area contributed by atoms with Crippen molar-refractivity contribution in [3.8, 4) is 11.5 Å². The molecule has 1 N–H and O–H groups in total. The van der Waals surface area contributed by atoms with Gasteiger partial charge in [0.05, 0.1) is 22.5 Å². The summed E-state index contributed by atoms with van der Waals surface area (Å²) in [5, 5.41) is 10.4. The Hall–Kier alpha value is -1.70. The molecule has 0 amide bonds. The summed E-state index contributed by atoms with van der Waals surface area (Å²) >= 11 is 18.8. The molecule has 0 aliphatic rings. The van der Waals surface area contributed by atoms with Crippen molar-refractivity contribution >= 4 is 40.8 Å². The quantitative estimate of drug-likeness (QED) is 0.305. The van der Waals surface area contributed by atoms with Gasteiger partial charge in [0.25, 0.3) is 0 Å². The van der Waals surface area contributed by atoms with Gasteiger partial charge in [-0.15, -0.1) is 11.6 Å². The molecule has 0 aromatic heterocycles. The van der Waals surface area contributed by atoms with Gasteiger partial charge in [0, 0.05) is 19.4 Å². The van der Waals surface area contributed by atoms with Gasteiger partial charge in [0.15, 0.2) is 5.75 Å². The average molecular weight is 520 g/mol. The van der Waals surface area contributed by atoms with E-state index in [0.717, 1.165) is 11.1 Å². The number of halogens is 3. The molecule has 0 bridgehead atoms. The smallest absolute Gasteiger partial charge is 0.303 e. The number of hydrogen-bond donors (Lipinski definition) is 1. The topological polar surface area (TPSA) is 74.2 Å². The van der Waals surface area contributed by atoms with Crippen molar-refractivity contribution in [3.05, 3.63) is 57.6 Å². The second kappa shape index (κ2) is 12.7. The lowest BCUT2D eigenvalue weighted by molar-refractivity contribution is -0.146. The summed E-state index contributed by atoms with van der Waals surface area (Å²) in [4.78, 5) is 11.1. The molecule has 33 heavy (non-hydrogen) atoms. The van der Waals surface area contributed by atoms with Gasteiger partial charge in [0.1, 0.15) is 31.2 Å². The molecule has 0 fully saturated rings. The fourth-order valence-corrected chi connectivity index (χ4v) is 3.90. The van der Waals surface area contributed by atoms with Crippen LogP contribution in [0, 0.1) is 0 Å². The van der Waals surface area contributed by atoms with E-state index in [1.54, 1.807) is 12.1 Å². The second-order valence-electron chi connectivity index (χ2n) is 8.04. The van der Waals surface area contributed by atoms with Crippen LogP contribution in [0.3, 0.4) is 0 Å². The molecule has 182 valence electrons. The fourth-order valence-electron chi connectivity index (χ4n) is 3.15. The van der Waals surface area contributed by atoms with Crippen LogP contribution in [0.4, 0.5) is 0 Å². The molecule has 6 nitrogen and oxygen atoms in total. The van der Waals surface area contributed by atoms with Crippen LogP contribution in [-0.4, -0.2) is 56.1 Å². The number of hydrogen-bond acceptors (Lipinski definition) is 6. The molecule has 0 aliphatic heterocycles. The maximum Gasteiger partial charge on any atom is 0.303 e. The zero-order valence-corrected chi connectivity index (χ0v) is 21.3. The van der Waals surface area contributed by atoms with Gasteiger partial charge < -0.3 is 24.1 Å². The van der Waals surface area contributed by atoms with Crippen molar-refractivity contribution in [1.82, 2.24) is 0 Å². The number of ether oxygens (including phenoxy) is 4. The lowest BCUT2D eigenvalue weighted by Crippen LogP contribution is -2.26. The van der Waals surface area contributed by atoms with Crippen LogP contribution in [0.1, 0.15) is 31.9 Å². The van der Waals surface area contributed by atoms with Crippen LogP contribution < -0.4 is 9.47 Å². The molecule has 0 heterocycles. The molecule has 0 aliphatic carbocycles. The Bertz CT molecular complexity index is 894. The number of aliphatic hydroxyl groups excluding tert-OH is 1. The van der Waals surface area contributed by atoms with E-state index in [2.05, 4.69) is 13.8 Å². The van der Waals surface area contributed by atoms with E-state index in [1.165, 1.54) is 14.0 Å². The van der Waals surface area contributed by atoms with Crippen molar-refractivity contribution < 1.29 is 28.8 Å². The molecule has 0 radical (unpaired) electrons. The summed E-state index contributed by atoms with van der Waals surface area (Å²) in [6.45, 7) is 5.80. The summed E-state index contributed by atoms with van der Waals surface area (Å²) < 4.78 is 21.3. The first kappa shape index (κ1) is 27.5. The van der Waals surface area contributed by atoms with E-state index in [0.29, 0.717) is 21.5 Å². The summed E-state index contributed by atoms with van der Waals surface area (Å²) in [6.07, 6.45) is -1.30. The average Bonchev–Trinajstić information content (AvgIpc) is 2.76. The van der Waals surface area contributed by atoms with Crippen molar-refractivity contribution in [2.75, 3.05) is 32.8 Å². The first-order valence-corrected chi connectivity index (χ1v) is 11.6. The Labute approximate surface area is 209 Å². The monoisotopic (exact) mass is 518 g/mol. The summed E-state index contributed by atoms with van der Waals surface area (Å²) in [5.41, 5.74) is 1.49. The number of methoxy groups -OCH3 is 1. The van der Waals surface area contributed by atoms with Crippen LogP contribution in [0.25, 0.3) is 0 Å². The number of carbonyl (C=O) groups excluding carboxylic acids is 1. The van der Waals surface area contributed by atoms with Crippen molar-refractivity contribution in [2.45, 2.75) is 38.4 Å². The number of rotatable bonds is 12. The van der Waals surface area contributed by atoms with Crippen LogP contribution in [-0.2, 0) is 19.7 Å². The number of alkyl halides is 1. The molecule has 2 atom stereocenters. The first-order valence-electron chi connectivity index (χ1n) is 10.3. The van der Waals surface area contributed by atoms with Gasteiger partial charge in [0.2, 0.25) is 0 Å². The predicted molar refractivity (Wildman–Crippen MR) is 130 cm³/mol. The van der Waals surface area contributed by atoms with Crippen molar-refractivity contribution in [2.24, 2.45) is 0 Å². The first-order chi connectivity index (χ1) is 15.6. The van der Waals surface area contributed by atoms with E-state index in [-0.39, 0.29) is 25.7 Å². The highest BCUT2D eigenvalue weighted by molar-refractivity contribution is 6.37. The zero-order valence-electron chi connectivity index (χ0n) is 19.1. The minimum absolute atomic E-state index is 0.0335. The summed E-state index contributed by atoms with van der Waals surface area (Å²) in [7, 11) is 1.52. The molecule has 0 saturated carbocycles. The Kier molecular flexibility index (Phi) is 10.6. The Balaban J connectivity index is 2.14. The SMILES string of the molecule is COC[C@@H](O)COc1ccc(C(C)(C)c2cc(Cl)c(OC[C@H](CCl)OC(C)=O)c(Cl)c2)cc1. The summed E-state index contributed by atoms with van der Waals surface area (Å²) in [6, 6.07) is 11.2. The highest BCUT2D eigenvalue weighted by Gasteiger charge is 2.26. The van der Waals surface area contributed by atoms with Gasteiger partial charge >= 0.3 is 5.97 Å². The lowest BCUT2D eigenvalue weighted by atomic mass is 9.78. The predicted octanol–water partition coefficient (Wildman–Crippen LogP) is 5.25. The third kappa shape index (κ3) is 7.94. The lowest BCUT2D eigenvalue weighted by Gasteiger charge is -2.27. The van der Waals surface area contributed by atoms with Crippen molar-refractivity contribution in [1.29, 1.82) is 0 Å². The highest BCUT2D eigenvalue weighted by Crippen LogP contribution is 2.40. The third-order valence-corrected chi connectivity index (χ3v) is 5.92.